The van der Waals surface area contributed by atoms with E-state index in [0.29, 0.717) is 13.2 Å². The van der Waals surface area contributed by atoms with Gasteiger partial charge in [0.15, 0.2) is 0 Å². The van der Waals surface area contributed by atoms with Crippen LogP contribution < -0.4 is 4.74 Å². The van der Waals surface area contributed by atoms with E-state index >= 15 is 0 Å². The van der Waals surface area contributed by atoms with Crippen LogP contribution in [0.2, 0.25) is 0 Å². The van der Waals surface area contributed by atoms with Crippen molar-refractivity contribution >= 4 is 0 Å². The van der Waals surface area contributed by atoms with Crippen LogP contribution in [0.1, 0.15) is 0 Å². The fourth-order valence-electron chi connectivity index (χ4n) is 0.723. The van der Waals surface area contributed by atoms with Crippen molar-refractivity contribution in [3.63, 3.8) is 0 Å². The highest BCUT2D eigenvalue weighted by Crippen LogP contribution is 2.05. The summed E-state index contributed by atoms with van der Waals surface area (Å²) in [5.74, 6) is 0.910. The first-order valence-corrected chi connectivity index (χ1v) is 4.42. The van der Waals surface area contributed by atoms with Gasteiger partial charge in [-0.1, -0.05) is 18.2 Å². The molecule has 0 spiro atoms. The van der Waals surface area contributed by atoms with Crippen LogP contribution >= 0.6 is 0 Å². The molecule has 0 saturated carbocycles. The third-order valence-electron chi connectivity index (χ3n) is 1.47. The topological polar surface area (TPSA) is 27.7 Å². The zero-order chi connectivity index (χ0) is 10.6. The molecule has 0 amide bonds. The van der Waals surface area contributed by atoms with E-state index in [1.807, 2.05) is 30.3 Å². The Bertz CT molecular complexity index is 195. The number of hydrogen-bond acceptors (Lipinski definition) is 3. The molecule has 1 aromatic carbocycles. The number of rotatable bonds is 4. The highest BCUT2D eigenvalue weighted by atomic mass is 16.5. The predicted molar refractivity (Wildman–Crippen MR) is 56.7 cm³/mol. The van der Waals surface area contributed by atoms with Crippen LogP contribution in [0.4, 0.5) is 0 Å². The highest BCUT2D eigenvalue weighted by Gasteiger charge is 1.80. The van der Waals surface area contributed by atoms with E-state index in [1.165, 1.54) is 0 Å². The Hall–Kier alpha value is -1.06. The fraction of sp³-hybridized carbons (Fsp3) is 0.455. The summed E-state index contributed by atoms with van der Waals surface area (Å²) >= 11 is 0. The van der Waals surface area contributed by atoms with Crippen LogP contribution in [-0.4, -0.2) is 34.5 Å². The second-order valence-corrected chi connectivity index (χ2v) is 2.50. The maximum Gasteiger partial charge on any atom is 0.118 e. The van der Waals surface area contributed by atoms with E-state index in [0.717, 1.165) is 5.75 Å². The van der Waals surface area contributed by atoms with Crippen LogP contribution in [0.15, 0.2) is 30.3 Å². The average Bonchev–Trinajstić information content (AvgIpc) is 2.28. The number of hydrogen-bond donors (Lipinski definition) is 0. The first kappa shape index (κ1) is 12.9. The lowest BCUT2D eigenvalue weighted by Crippen LogP contribution is -1.96. The molecule has 0 saturated heterocycles. The summed E-state index contributed by atoms with van der Waals surface area (Å²) in [7, 11) is 4.97. The highest BCUT2D eigenvalue weighted by molar-refractivity contribution is 5.20. The molecule has 0 unspecified atom stereocenters. The van der Waals surface area contributed by atoms with Gasteiger partial charge in [-0.05, 0) is 12.1 Å². The van der Waals surface area contributed by atoms with E-state index in [1.54, 1.807) is 21.3 Å². The molecular formula is C11H18O3. The summed E-state index contributed by atoms with van der Waals surface area (Å²) in [6.07, 6.45) is 0. The first-order valence-electron chi connectivity index (χ1n) is 4.42. The standard InChI is InChI=1S/C7H8O.C4H10O2/c1-8-7-5-3-2-4-6-7;1-5-3-4-6-2/h2-6H,1H3;3-4H2,1-2H3. The fourth-order valence-corrected chi connectivity index (χ4v) is 0.723. The minimum Gasteiger partial charge on any atom is -0.497 e. The Labute approximate surface area is 85.6 Å². The van der Waals surface area contributed by atoms with E-state index in [-0.39, 0.29) is 0 Å². The van der Waals surface area contributed by atoms with Crippen LogP contribution in [0, 0.1) is 0 Å². The van der Waals surface area contributed by atoms with E-state index in [9.17, 15) is 0 Å². The lowest BCUT2D eigenvalue weighted by molar-refractivity contribution is 0.103. The Kier molecular flexibility index (Phi) is 9.26. The van der Waals surface area contributed by atoms with Crippen molar-refractivity contribution in [1.82, 2.24) is 0 Å². The van der Waals surface area contributed by atoms with Gasteiger partial charge in [-0.2, -0.15) is 0 Å². The van der Waals surface area contributed by atoms with Crippen LogP contribution in [-0.2, 0) is 9.47 Å². The summed E-state index contributed by atoms with van der Waals surface area (Å²) in [6, 6.07) is 9.68. The van der Waals surface area contributed by atoms with Gasteiger partial charge in [-0.25, -0.2) is 0 Å². The third kappa shape index (κ3) is 7.58. The van der Waals surface area contributed by atoms with Crippen molar-refractivity contribution in [2.45, 2.75) is 0 Å². The average molecular weight is 198 g/mol. The molecule has 3 heteroatoms. The predicted octanol–water partition coefficient (Wildman–Crippen LogP) is 1.97. The molecule has 0 radical (unpaired) electrons. The molecule has 14 heavy (non-hydrogen) atoms. The van der Waals surface area contributed by atoms with E-state index in [4.69, 9.17) is 4.74 Å². The minimum atomic E-state index is 0.691. The third-order valence-corrected chi connectivity index (χ3v) is 1.47. The molecule has 0 aliphatic heterocycles. The molecule has 3 nitrogen and oxygen atoms in total. The van der Waals surface area contributed by atoms with Gasteiger partial charge < -0.3 is 14.2 Å². The van der Waals surface area contributed by atoms with Crippen molar-refractivity contribution in [3.8, 4) is 5.75 Å². The second-order valence-electron chi connectivity index (χ2n) is 2.50. The number of ether oxygens (including phenoxy) is 3. The quantitative estimate of drug-likeness (QED) is 0.692. The molecule has 0 atom stereocenters. The Morgan fingerprint density at radius 2 is 1.36 bits per heavy atom. The molecule has 0 bridgehead atoms. The normalized spacial score (nSPS) is 8.79. The molecule has 0 N–H and O–H groups in total. The number of benzene rings is 1. The van der Waals surface area contributed by atoms with E-state index in [2.05, 4.69) is 9.47 Å². The molecule has 0 heterocycles. The summed E-state index contributed by atoms with van der Waals surface area (Å²) in [4.78, 5) is 0. The molecule has 1 aromatic rings. The van der Waals surface area contributed by atoms with Crippen molar-refractivity contribution in [3.05, 3.63) is 30.3 Å². The summed E-state index contributed by atoms with van der Waals surface area (Å²) in [5, 5.41) is 0. The number of para-hydroxylation sites is 1. The summed E-state index contributed by atoms with van der Waals surface area (Å²) in [5.41, 5.74) is 0. The zero-order valence-electron chi connectivity index (χ0n) is 9.03. The van der Waals surface area contributed by atoms with E-state index < -0.39 is 0 Å². The molecule has 1 rings (SSSR count). The second kappa shape index (κ2) is 10.0. The summed E-state index contributed by atoms with van der Waals surface area (Å²) < 4.78 is 14.2. The van der Waals surface area contributed by atoms with Crippen molar-refractivity contribution in [1.29, 1.82) is 0 Å². The van der Waals surface area contributed by atoms with Crippen molar-refractivity contribution in [2.24, 2.45) is 0 Å². The SMILES string of the molecule is COCCOC.COc1ccccc1. The van der Waals surface area contributed by atoms with Crippen LogP contribution in [0.5, 0.6) is 5.75 Å². The Morgan fingerprint density at radius 1 is 0.857 bits per heavy atom. The molecular weight excluding hydrogens is 180 g/mol. The lowest BCUT2D eigenvalue weighted by atomic mass is 10.3. The van der Waals surface area contributed by atoms with Gasteiger partial charge in [-0.3, -0.25) is 0 Å². The lowest BCUT2D eigenvalue weighted by Gasteiger charge is -1.93. The van der Waals surface area contributed by atoms with Gasteiger partial charge in [0, 0.05) is 14.2 Å². The maximum atomic E-state index is 4.91. The van der Waals surface area contributed by atoms with Crippen molar-refractivity contribution < 1.29 is 14.2 Å². The monoisotopic (exact) mass is 198 g/mol. The van der Waals surface area contributed by atoms with Gasteiger partial charge in [0.1, 0.15) is 5.75 Å². The molecule has 0 aliphatic rings. The smallest absolute Gasteiger partial charge is 0.118 e. The van der Waals surface area contributed by atoms with Gasteiger partial charge in [0.25, 0.3) is 0 Å². The summed E-state index contributed by atoms with van der Waals surface area (Å²) in [6.45, 7) is 1.38. The molecule has 0 aromatic heterocycles. The molecule has 80 valence electrons. The van der Waals surface area contributed by atoms with Gasteiger partial charge in [-0.15, -0.1) is 0 Å². The largest absolute Gasteiger partial charge is 0.497 e. The minimum absolute atomic E-state index is 0.691. The molecule has 0 aliphatic carbocycles. The number of methoxy groups -OCH3 is 3. The van der Waals surface area contributed by atoms with Crippen molar-refractivity contribution in [2.75, 3.05) is 34.5 Å². The van der Waals surface area contributed by atoms with Gasteiger partial charge in [0.05, 0.1) is 20.3 Å². The van der Waals surface area contributed by atoms with Crippen LogP contribution in [0.25, 0.3) is 0 Å². The van der Waals surface area contributed by atoms with Crippen LogP contribution in [0.3, 0.4) is 0 Å². The molecule has 0 fully saturated rings. The van der Waals surface area contributed by atoms with Gasteiger partial charge in [0.2, 0.25) is 0 Å². The Balaban J connectivity index is 0.000000255. The zero-order valence-corrected chi connectivity index (χ0v) is 9.03. The Morgan fingerprint density at radius 3 is 1.64 bits per heavy atom. The first-order chi connectivity index (χ1) is 6.85. The maximum absolute atomic E-state index is 4.91. The van der Waals surface area contributed by atoms with Gasteiger partial charge >= 0.3 is 0 Å².